The van der Waals surface area contributed by atoms with Gasteiger partial charge in [-0.25, -0.2) is 15.0 Å². The fraction of sp³-hybridized carbons (Fsp3) is 0. The summed E-state index contributed by atoms with van der Waals surface area (Å²) in [6, 6.07) is 67.3. The monoisotopic (exact) mass is 716 g/mol. The Hall–Kier alpha value is -7.63. The first-order chi connectivity index (χ1) is 27.8. The molecule has 0 fully saturated rings. The molecule has 8 aromatic carbocycles. The summed E-state index contributed by atoms with van der Waals surface area (Å²) in [5.41, 5.74) is 12.4. The minimum absolute atomic E-state index is 0.624. The summed E-state index contributed by atoms with van der Waals surface area (Å²) in [6.07, 6.45) is 0. The fourth-order valence-corrected chi connectivity index (χ4v) is 8.14. The first-order valence-corrected chi connectivity index (χ1v) is 18.8. The van der Waals surface area contributed by atoms with Crippen molar-refractivity contribution in [1.29, 1.82) is 0 Å². The molecule has 0 N–H and O–H groups in total. The number of para-hydroxylation sites is 3. The number of aromatic nitrogens is 4. The molecule has 0 aliphatic heterocycles. The third-order valence-electron chi connectivity index (χ3n) is 10.7. The lowest BCUT2D eigenvalue weighted by Gasteiger charge is -2.10. The summed E-state index contributed by atoms with van der Waals surface area (Å²) in [5, 5.41) is 4.64. The van der Waals surface area contributed by atoms with Crippen molar-refractivity contribution in [2.45, 2.75) is 0 Å². The van der Waals surface area contributed by atoms with Crippen LogP contribution in [0.2, 0.25) is 0 Å². The predicted octanol–water partition coefficient (Wildman–Crippen LogP) is 13.2. The second kappa shape index (κ2) is 13.0. The molecular formula is C51H32N4O. The largest absolute Gasteiger partial charge is 0.455 e. The number of nitrogens with zero attached hydrogens (tertiary/aromatic N) is 4. The van der Waals surface area contributed by atoms with E-state index in [1.54, 1.807) is 0 Å². The molecule has 262 valence electrons. The summed E-state index contributed by atoms with van der Waals surface area (Å²) in [6.45, 7) is 0. The van der Waals surface area contributed by atoms with Crippen LogP contribution in [0.4, 0.5) is 0 Å². The number of rotatable bonds is 6. The third-order valence-corrected chi connectivity index (χ3v) is 10.7. The summed E-state index contributed by atoms with van der Waals surface area (Å²) >= 11 is 0. The maximum absolute atomic E-state index is 6.78. The highest BCUT2D eigenvalue weighted by Gasteiger charge is 2.21. The van der Waals surface area contributed by atoms with Gasteiger partial charge in [0, 0.05) is 49.5 Å². The van der Waals surface area contributed by atoms with Gasteiger partial charge in [0.1, 0.15) is 11.2 Å². The Morgan fingerprint density at radius 3 is 1.50 bits per heavy atom. The lowest BCUT2D eigenvalue weighted by atomic mass is 9.94. The van der Waals surface area contributed by atoms with Crippen LogP contribution >= 0.6 is 0 Å². The average Bonchev–Trinajstić information content (AvgIpc) is 3.84. The lowest BCUT2D eigenvalue weighted by Crippen LogP contribution is -2.00. The first kappa shape index (κ1) is 31.9. The molecule has 0 unspecified atom stereocenters. The lowest BCUT2D eigenvalue weighted by molar-refractivity contribution is 0.670. The van der Waals surface area contributed by atoms with E-state index < -0.39 is 0 Å². The Bertz CT molecular complexity index is 3160. The molecule has 0 aliphatic rings. The summed E-state index contributed by atoms with van der Waals surface area (Å²) in [7, 11) is 0. The maximum atomic E-state index is 6.78. The predicted molar refractivity (Wildman–Crippen MR) is 229 cm³/mol. The quantitative estimate of drug-likeness (QED) is 0.172. The van der Waals surface area contributed by atoms with E-state index in [-0.39, 0.29) is 0 Å². The fourth-order valence-electron chi connectivity index (χ4n) is 8.14. The molecule has 56 heavy (non-hydrogen) atoms. The molecule has 5 nitrogen and oxygen atoms in total. The van der Waals surface area contributed by atoms with Crippen molar-refractivity contribution >= 4 is 43.7 Å². The number of furan rings is 1. The second-order valence-corrected chi connectivity index (χ2v) is 14.0. The normalized spacial score (nSPS) is 11.6. The summed E-state index contributed by atoms with van der Waals surface area (Å²) in [5.74, 6) is 1.90. The van der Waals surface area contributed by atoms with Gasteiger partial charge in [-0.3, -0.25) is 0 Å². The number of benzene rings is 8. The topological polar surface area (TPSA) is 56.7 Å². The number of hydrogen-bond acceptors (Lipinski definition) is 4. The maximum Gasteiger partial charge on any atom is 0.164 e. The molecule has 0 saturated heterocycles. The van der Waals surface area contributed by atoms with Crippen LogP contribution in [-0.2, 0) is 0 Å². The van der Waals surface area contributed by atoms with Gasteiger partial charge in [-0.1, -0.05) is 164 Å². The highest BCUT2D eigenvalue weighted by atomic mass is 16.3. The van der Waals surface area contributed by atoms with Crippen LogP contribution in [0.25, 0.3) is 106 Å². The molecule has 0 bridgehead atoms. The Labute approximate surface area is 322 Å². The van der Waals surface area contributed by atoms with Gasteiger partial charge >= 0.3 is 0 Å². The van der Waals surface area contributed by atoms with Crippen molar-refractivity contribution in [2.24, 2.45) is 0 Å². The van der Waals surface area contributed by atoms with Gasteiger partial charge in [0.2, 0.25) is 0 Å². The van der Waals surface area contributed by atoms with Crippen molar-refractivity contribution in [3.8, 4) is 62.1 Å². The van der Waals surface area contributed by atoms with Gasteiger partial charge < -0.3 is 8.98 Å². The Morgan fingerprint density at radius 2 is 0.821 bits per heavy atom. The molecular weight excluding hydrogens is 685 g/mol. The Balaban J connectivity index is 1.04. The molecule has 0 saturated carbocycles. The van der Waals surface area contributed by atoms with Gasteiger partial charge in [0.15, 0.2) is 17.5 Å². The Kier molecular flexibility index (Phi) is 7.42. The van der Waals surface area contributed by atoms with Crippen LogP contribution in [0, 0.1) is 0 Å². The van der Waals surface area contributed by atoms with E-state index in [1.165, 1.54) is 27.4 Å². The van der Waals surface area contributed by atoms with E-state index in [1.807, 2.05) is 60.7 Å². The zero-order valence-electron chi connectivity index (χ0n) is 30.2. The standard InChI is InChI=1S/C51H32N4O/c1-4-15-34(16-5-1)49-52-50(35-17-6-2-7-18-35)54-51(53-49)36-31-29-33(30-32-36)38-22-12-25-42-47-40(24-14-28-45(47)56-48(38)42)39-23-13-27-44-46(39)41-21-10-11-26-43(41)55(44)37-19-8-3-9-20-37/h1-32H. The minimum atomic E-state index is 0.624. The molecule has 3 aromatic heterocycles. The van der Waals surface area contributed by atoms with E-state index in [0.29, 0.717) is 17.5 Å². The highest BCUT2D eigenvalue weighted by Crippen LogP contribution is 2.44. The minimum Gasteiger partial charge on any atom is -0.455 e. The van der Waals surface area contributed by atoms with Gasteiger partial charge in [-0.2, -0.15) is 0 Å². The third kappa shape index (κ3) is 5.21. The SMILES string of the molecule is c1ccc(-c2nc(-c3ccccc3)nc(-c3ccc(-c4cccc5c4oc4cccc(-c6cccc7c6c6ccccc6n7-c6ccccc6)c45)cc3)n2)cc1. The molecule has 0 atom stereocenters. The van der Waals surface area contributed by atoms with E-state index in [2.05, 4.69) is 138 Å². The van der Waals surface area contributed by atoms with Crippen molar-refractivity contribution in [2.75, 3.05) is 0 Å². The average molecular weight is 717 g/mol. The number of fused-ring (bicyclic) bond motifs is 6. The molecule has 0 aliphatic carbocycles. The molecule has 5 heteroatoms. The molecule has 3 heterocycles. The Morgan fingerprint density at radius 1 is 0.339 bits per heavy atom. The van der Waals surface area contributed by atoms with Crippen LogP contribution in [-0.4, -0.2) is 19.5 Å². The van der Waals surface area contributed by atoms with Crippen LogP contribution in [0.1, 0.15) is 0 Å². The smallest absolute Gasteiger partial charge is 0.164 e. The molecule has 0 spiro atoms. The van der Waals surface area contributed by atoms with Crippen LogP contribution in [0.3, 0.4) is 0 Å². The van der Waals surface area contributed by atoms with Gasteiger partial charge in [0.05, 0.1) is 11.0 Å². The first-order valence-electron chi connectivity index (χ1n) is 18.8. The molecule has 11 rings (SSSR count). The van der Waals surface area contributed by atoms with E-state index in [9.17, 15) is 0 Å². The van der Waals surface area contributed by atoms with Gasteiger partial charge in [-0.05, 0) is 47.0 Å². The van der Waals surface area contributed by atoms with Crippen molar-refractivity contribution in [3.05, 3.63) is 194 Å². The van der Waals surface area contributed by atoms with Crippen molar-refractivity contribution in [1.82, 2.24) is 19.5 Å². The highest BCUT2D eigenvalue weighted by molar-refractivity contribution is 6.21. The molecule has 0 radical (unpaired) electrons. The second-order valence-electron chi connectivity index (χ2n) is 14.0. The van der Waals surface area contributed by atoms with Crippen LogP contribution < -0.4 is 0 Å². The summed E-state index contributed by atoms with van der Waals surface area (Å²) in [4.78, 5) is 14.7. The molecule has 11 aromatic rings. The summed E-state index contributed by atoms with van der Waals surface area (Å²) < 4.78 is 9.15. The zero-order chi connectivity index (χ0) is 37.0. The van der Waals surface area contributed by atoms with Crippen molar-refractivity contribution < 1.29 is 4.42 Å². The number of hydrogen-bond donors (Lipinski definition) is 0. The van der Waals surface area contributed by atoms with Gasteiger partial charge in [-0.15, -0.1) is 0 Å². The van der Waals surface area contributed by atoms with E-state index >= 15 is 0 Å². The van der Waals surface area contributed by atoms with E-state index in [0.717, 1.165) is 61.0 Å². The van der Waals surface area contributed by atoms with Crippen LogP contribution in [0.15, 0.2) is 199 Å². The van der Waals surface area contributed by atoms with Gasteiger partial charge in [0.25, 0.3) is 0 Å². The zero-order valence-corrected chi connectivity index (χ0v) is 30.2. The van der Waals surface area contributed by atoms with E-state index in [4.69, 9.17) is 19.4 Å². The van der Waals surface area contributed by atoms with Crippen molar-refractivity contribution in [3.63, 3.8) is 0 Å². The molecule has 0 amide bonds. The van der Waals surface area contributed by atoms with Crippen LogP contribution in [0.5, 0.6) is 0 Å².